The Balaban J connectivity index is 2.19. The largest absolute Gasteiger partial charge is 0.345 e. The normalized spacial score (nSPS) is 20.2. The first kappa shape index (κ1) is 13.5. The molecule has 1 N–H and O–H groups in total. The van der Waals surface area contributed by atoms with Gasteiger partial charge in [0.2, 0.25) is 11.8 Å². The zero-order chi connectivity index (χ0) is 14.0. The molecule has 1 fully saturated rings. The first-order chi connectivity index (χ1) is 8.97. The maximum absolute atomic E-state index is 13.5. The van der Waals surface area contributed by atoms with Crippen molar-refractivity contribution in [2.45, 2.75) is 25.9 Å². The number of hydrogen-bond acceptors (Lipinski definition) is 2. The zero-order valence-electron chi connectivity index (χ0n) is 10.5. The van der Waals surface area contributed by atoms with Crippen molar-refractivity contribution in [3.05, 3.63) is 35.4 Å². The van der Waals surface area contributed by atoms with Gasteiger partial charge >= 0.3 is 0 Å². The predicted molar refractivity (Wildman–Crippen MR) is 64.0 cm³/mol. The van der Waals surface area contributed by atoms with Crippen LogP contribution < -0.4 is 5.32 Å². The average molecular weight is 268 g/mol. The van der Waals surface area contributed by atoms with Gasteiger partial charge in [-0.3, -0.25) is 9.59 Å². The van der Waals surface area contributed by atoms with Crippen molar-refractivity contribution in [1.82, 2.24) is 10.2 Å². The lowest BCUT2D eigenvalue weighted by Gasteiger charge is -2.22. The summed E-state index contributed by atoms with van der Waals surface area (Å²) in [5.74, 6) is -1.64. The fourth-order valence-corrected chi connectivity index (χ4v) is 2.02. The van der Waals surface area contributed by atoms with E-state index < -0.39 is 17.7 Å². The van der Waals surface area contributed by atoms with E-state index >= 15 is 0 Å². The SMILES string of the molecule is CC1NC(=O)CCN(Cc2cc(F)ccc2F)C1=O. The Morgan fingerprint density at radius 1 is 1.37 bits per heavy atom. The van der Waals surface area contributed by atoms with Crippen LogP contribution in [-0.4, -0.2) is 29.3 Å². The van der Waals surface area contributed by atoms with Crippen LogP contribution >= 0.6 is 0 Å². The zero-order valence-corrected chi connectivity index (χ0v) is 10.5. The summed E-state index contributed by atoms with van der Waals surface area (Å²) >= 11 is 0. The van der Waals surface area contributed by atoms with E-state index in [2.05, 4.69) is 5.32 Å². The second-order valence-corrected chi connectivity index (χ2v) is 4.53. The van der Waals surface area contributed by atoms with Gasteiger partial charge in [-0.05, 0) is 25.1 Å². The Labute approximate surface area is 109 Å². The summed E-state index contributed by atoms with van der Waals surface area (Å²) in [6.45, 7) is 1.73. The maximum atomic E-state index is 13.5. The highest BCUT2D eigenvalue weighted by atomic mass is 19.1. The Morgan fingerprint density at radius 2 is 2.11 bits per heavy atom. The summed E-state index contributed by atoms with van der Waals surface area (Å²) < 4.78 is 26.6. The van der Waals surface area contributed by atoms with Gasteiger partial charge in [0.1, 0.15) is 17.7 Å². The quantitative estimate of drug-likeness (QED) is 0.876. The minimum absolute atomic E-state index is 0.0400. The molecular weight excluding hydrogens is 254 g/mol. The third kappa shape index (κ3) is 3.07. The van der Waals surface area contributed by atoms with Crippen molar-refractivity contribution < 1.29 is 18.4 Å². The molecule has 0 saturated carbocycles. The number of carbonyl (C=O) groups is 2. The molecule has 6 heteroatoms. The van der Waals surface area contributed by atoms with Crippen LogP contribution in [-0.2, 0) is 16.1 Å². The Morgan fingerprint density at radius 3 is 2.84 bits per heavy atom. The van der Waals surface area contributed by atoms with E-state index in [1.165, 1.54) is 4.90 Å². The lowest BCUT2D eigenvalue weighted by molar-refractivity contribution is -0.133. The van der Waals surface area contributed by atoms with Gasteiger partial charge in [-0.2, -0.15) is 0 Å². The van der Waals surface area contributed by atoms with E-state index in [-0.39, 0.29) is 36.9 Å². The lowest BCUT2D eigenvalue weighted by atomic mass is 10.1. The molecule has 1 aromatic carbocycles. The van der Waals surface area contributed by atoms with Gasteiger partial charge in [0.15, 0.2) is 0 Å². The molecule has 0 aliphatic carbocycles. The van der Waals surface area contributed by atoms with Gasteiger partial charge < -0.3 is 10.2 Å². The summed E-state index contributed by atoms with van der Waals surface area (Å²) in [4.78, 5) is 24.7. The number of nitrogens with one attached hydrogen (secondary N) is 1. The lowest BCUT2D eigenvalue weighted by Crippen LogP contribution is -2.42. The standard InChI is InChI=1S/C13H14F2N2O2/c1-8-13(19)17(5-4-12(18)16-8)7-9-6-10(14)2-3-11(9)15/h2-3,6,8H,4-5,7H2,1H3,(H,16,18). The first-order valence-electron chi connectivity index (χ1n) is 5.99. The molecule has 19 heavy (non-hydrogen) atoms. The number of carbonyl (C=O) groups excluding carboxylic acids is 2. The number of nitrogens with zero attached hydrogens (tertiary/aromatic N) is 1. The molecule has 1 unspecified atom stereocenters. The van der Waals surface area contributed by atoms with Gasteiger partial charge in [-0.15, -0.1) is 0 Å². The molecule has 4 nitrogen and oxygen atoms in total. The highest BCUT2D eigenvalue weighted by Crippen LogP contribution is 2.14. The van der Waals surface area contributed by atoms with Gasteiger partial charge in [-0.25, -0.2) is 8.78 Å². The van der Waals surface area contributed by atoms with Crippen LogP contribution in [0, 0.1) is 11.6 Å². The summed E-state index contributed by atoms with van der Waals surface area (Å²) in [5.41, 5.74) is 0.106. The fourth-order valence-electron chi connectivity index (χ4n) is 2.02. The molecule has 0 aromatic heterocycles. The van der Waals surface area contributed by atoms with Crippen LogP contribution in [0.25, 0.3) is 0 Å². The van der Waals surface area contributed by atoms with Gasteiger partial charge in [0.05, 0.1) is 0 Å². The second-order valence-electron chi connectivity index (χ2n) is 4.53. The smallest absolute Gasteiger partial charge is 0.245 e. The molecule has 1 atom stereocenters. The van der Waals surface area contributed by atoms with E-state index in [9.17, 15) is 18.4 Å². The summed E-state index contributed by atoms with van der Waals surface area (Å²) in [6.07, 6.45) is 0.160. The molecule has 1 saturated heterocycles. The molecule has 1 aliphatic rings. The van der Waals surface area contributed by atoms with Crippen molar-refractivity contribution in [1.29, 1.82) is 0 Å². The van der Waals surface area contributed by atoms with E-state index in [0.717, 1.165) is 18.2 Å². The average Bonchev–Trinajstić information content (AvgIpc) is 2.47. The summed E-state index contributed by atoms with van der Waals surface area (Å²) in [7, 11) is 0. The summed E-state index contributed by atoms with van der Waals surface area (Å²) in [5, 5.41) is 2.54. The highest BCUT2D eigenvalue weighted by Gasteiger charge is 2.27. The molecule has 0 bridgehead atoms. The second kappa shape index (κ2) is 5.34. The number of rotatable bonds is 2. The third-order valence-corrected chi connectivity index (χ3v) is 3.04. The van der Waals surface area contributed by atoms with Crippen LogP contribution in [0.2, 0.25) is 0 Å². The van der Waals surface area contributed by atoms with Gasteiger partial charge in [0.25, 0.3) is 0 Å². The first-order valence-corrected chi connectivity index (χ1v) is 5.99. The van der Waals surface area contributed by atoms with Crippen molar-refractivity contribution >= 4 is 11.8 Å². The van der Waals surface area contributed by atoms with Crippen LogP contribution in [0.1, 0.15) is 18.9 Å². The molecule has 102 valence electrons. The van der Waals surface area contributed by atoms with E-state index in [4.69, 9.17) is 0 Å². The number of benzene rings is 1. The molecule has 2 amide bonds. The molecule has 0 spiro atoms. The number of hydrogen-bond donors (Lipinski definition) is 1. The summed E-state index contributed by atoms with van der Waals surface area (Å²) in [6, 6.07) is 2.47. The van der Waals surface area contributed by atoms with Crippen LogP contribution in [0.5, 0.6) is 0 Å². The van der Waals surface area contributed by atoms with Crippen LogP contribution in [0.15, 0.2) is 18.2 Å². The van der Waals surface area contributed by atoms with Crippen molar-refractivity contribution in [2.75, 3.05) is 6.54 Å². The minimum atomic E-state index is -0.647. The molecule has 1 heterocycles. The predicted octanol–water partition coefficient (Wildman–Crippen LogP) is 1.20. The van der Waals surface area contributed by atoms with Crippen LogP contribution in [0.4, 0.5) is 8.78 Å². The van der Waals surface area contributed by atoms with Crippen molar-refractivity contribution in [3.8, 4) is 0 Å². The molecule has 0 radical (unpaired) electrons. The van der Waals surface area contributed by atoms with Gasteiger partial charge in [0, 0.05) is 25.1 Å². The maximum Gasteiger partial charge on any atom is 0.245 e. The Hall–Kier alpha value is -1.98. The van der Waals surface area contributed by atoms with E-state index in [0.29, 0.717) is 0 Å². The van der Waals surface area contributed by atoms with Crippen molar-refractivity contribution in [3.63, 3.8) is 0 Å². The number of amides is 2. The number of halogens is 2. The monoisotopic (exact) mass is 268 g/mol. The van der Waals surface area contributed by atoms with E-state index in [1.807, 2.05) is 0 Å². The van der Waals surface area contributed by atoms with E-state index in [1.54, 1.807) is 6.92 Å². The fraction of sp³-hybridized carbons (Fsp3) is 0.385. The molecular formula is C13H14F2N2O2. The van der Waals surface area contributed by atoms with Gasteiger partial charge in [-0.1, -0.05) is 0 Å². The topological polar surface area (TPSA) is 49.4 Å². The Kier molecular flexibility index (Phi) is 3.78. The molecule has 1 aliphatic heterocycles. The molecule has 1 aromatic rings. The highest BCUT2D eigenvalue weighted by molar-refractivity contribution is 5.89. The third-order valence-electron chi connectivity index (χ3n) is 3.04. The van der Waals surface area contributed by atoms with Crippen LogP contribution in [0.3, 0.4) is 0 Å². The Bertz CT molecular complexity index is 519. The van der Waals surface area contributed by atoms with Crippen molar-refractivity contribution in [2.24, 2.45) is 0 Å². The minimum Gasteiger partial charge on any atom is -0.345 e. The molecule has 2 rings (SSSR count).